The van der Waals surface area contributed by atoms with Crippen molar-refractivity contribution in [2.75, 3.05) is 31.6 Å². The summed E-state index contributed by atoms with van der Waals surface area (Å²) in [5, 5.41) is 7.36. The zero-order valence-corrected chi connectivity index (χ0v) is 18.4. The first kappa shape index (κ1) is 22.0. The molecule has 0 amide bonds. The molecule has 0 saturated heterocycles. The predicted molar refractivity (Wildman–Crippen MR) is 114 cm³/mol. The molecule has 0 radical (unpaired) electrons. The lowest BCUT2D eigenvalue weighted by Gasteiger charge is -2.24. The van der Waals surface area contributed by atoms with E-state index >= 15 is 0 Å². The van der Waals surface area contributed by atoms with Crippen LogP contribution in [-0.4, -0.2) is 46.0 Å². The highest BCUT2D eigenvalue weighted by atomic mass is 35.5. The van der Waals surface area contributed by atoms with Gasteiger partial charge in [-0.25, -0.2) is 8.42 Å². The molecule has 0 aromatic heterocycles. The van der Waals surface area contributed by atoms with Gasteiger partial charge in [-0.3, -0.25) is 4.99 Å². The Bertz CT molecular complexity index is 771. The lowest BCUT2D eigenvalue weighted by molar-refractivity contribution is 0.376. The van der Waals surface area contributed by atoms with Gasteiger partial charge in [0.1, 0.15) is 9.84 Å². The number of aliphatic imine (C=N–C) groups is 1. The van der Waals surface area contributed by atoms with Crippen LogP contribution in [-0.2, 0) is 16.3 Å². The van der Waals surface area contributed by atoms with Gasteiger partial charge in [-0.2, -0.15) is 0 Å². The predicted octanol–water partition coefficient (Wildman–Crippen LogP) is 3.29. The summed E-state index contributed by atoms with van der Waals surface area (Å²) in [5.74, 6) is 0.989. The fourth-order valence-electron chi connectivity index (χ4n) is 3.27. The van der Waals surface area contributed by atoms with Crippen LogP contribution in [0.1, 0.15) is 39.2 Å². The van der Waals surface area contributed by atoms with Crippen molar-refractivity contribution in [1.29, 1.82) is 0 Å². The number of benzene rings is 1. The Morgan fingerprint density at radius 1 is 1.30 bits per heavy atom. The first-order chi connectivity index (χ1) is 12.5. The molecule has 1 saturated carbocycles. The first-order valence-electron chi connectivity index (χ1n) is 9.47. The van der Waals surface area contributed by atoms with E-state index in [1.807, 2.05) is 25.1 Å². The number of hydrogen-bond acceptors (Lipinski definition) is 3. The van der Waals surface area contributed by atoms with E-state index in [9.17, 15) is 8.42 Å². The van der Waals surface area contributed by atoms with Crippen molar-refractivity contribution in [2.45, 2.75) is 40.0 Å². The van der Waals surface area contributed by atoms with E-state index in [0.717, 1.165) is 36.8 Å². The molecule has 7 heteroatoms. The Labute approximate surface area is 168 Å². The molecule has 152 valence electrons. The van der Waals surface area contributed by atoms with E-state index in [1.54, 1.807) is 0 Å². The van der Waals surface area contributed by atoms with Gasteiger partial charge in [-0.15, -0.1) is 0 Å². The van der Waals surface area contributed by atoms with Crippen molar-refractivity contribution in [1.82, 2.24) is 10.6 Å². The van der Waals surface area contributed by atoms with Gasteiger partial charge in [0, 0.05) is 36.3 Å². The summed E-state index contributed by atoms with van der Waals surface area (Å²) in [7, 11) is -2.96. The highest BCUT2D eigenvalue weighted by Crippen LogP contribution is 2.46. The molecular weight excluding hydrogens is 382 g/mol. The van der Waals surface area contributed by atoms with Gasteiger partial charge in [0.25, 0.3) is 0 Å². The number of sulfone groups is 1. The molecule has 2 rings (SSSR count). The third-order valence-corrected chi connectivity index (χ3v) is 6.11. The molecule has 1 fully saturated rings. The maximum atomic E-state index is 11.6. The topological polar surface area (TPSA) is 70.6 Å². The van der Waals surface area contributed by atoms with E-state index in [4.69, 9.17) is 16.6 Å². The van der Waals surface area contributed by atoms with Gasteiger partial charge < -0.3 is 10.6 Å². The van der Waals surface area contributed by atoms with Gasteiger partial charge in [0.05, 0.1) is 5.75 Å². The molecule has 0 unspecified atom stereocenters. The Morgan fingerprint density at radius 2 is 2.00 bits per heavy atom. The molecule has 0 bridgehead atoms. The van der Waals surface area contributed by atoms with Crippen LogP contribution in [0.3, 0.4) is 0 Å². The van der Waals surface area contributed by atoms with E-state index in [2.05, 4.69) is 30.5 Å². The van der Waals surface area contributed by atoms with Crippen LogP contribution < -0.4 is 10.6 Å². The summed E-state index contributed by atoms with van der Waals surface area (Å²) in [6, 6.07) is 7.94. The van der Waals surface area contributed by atoms with E-state index < -0.39 is 9.84 Å². The summed E-state index contributed by atoms with van der Waals surface area (Å²) >= 11 is 6.09. The van der Waals surface area contributed by atoms with Gasteiger partial charge in [-0.1, -0.05) is 37.6 Å². The minimum atomic E-state index is -2.96. The SMILES string of the molecule is CCNC(=NCC(C)(C)Cc1cccc(Cl)c1)NCC1(CS(C)(=O)=O)CC1. The third-order valence-electron chi connectivity index (χ3n) is 4.74. The average molecular weight is 414 g/mol. The number of guanidine groups is 1. The highest BCUT2D eigenvalue weighted by molar-refractivity contribution is 7.90. The lowest BCUT2D eigenvalue weighted by atomic mass is 9.86. The smallest absolute Gasteiger partial charge is 0.191 e. The number of nitrogens with zero attached hydrogens (tertiary/aromatic N) is 1. The maximum Gasteiger partial charge on any atom is 0.191 e. The second kappa shape index (κ2) is 8.82. The van der Waals surface area contributed by atoms with Gasteiger partial charge in [-0.05, 0) is 49.3 Å². The fraction of sp³-hybridized carbons (Fsp3) is 0.650. The minimum absolute atomic E-state index is 0.0168. The molecule has 1 aromatic carbocycles. The highest BCUT2D eigenvalue weighted by Gasteiger charge is 2.45. The molecule has 5 nitrogen and oxygen atoms in total. The van der Waals surface area contributed by atoms with Crippen LogP contribution in [0.5, 0.6) is 0 Å². The zero-order valence-electron chi connectivity index (χ0n) is 16.8. The Kier molecular flexibility index (Phi) is 7.20. The van der Waals surface area contributed by atoms with Crippen molar-refractivity contribution < 1.29 is 8.42 Å². The summed E-state index contributed by atoms with van der Waals surface area (Å²) < 4.78 is 23.3. The molecule has 1 aliphatic carbocycles. The monoisotopic (exact) mass is 413 g/mol. The van der Waals surface area contributed by atoms with E-state index in [1.165, 1.54) is 11.8 Å². The van der Waals surface area contributed by atoms with Gasteiger partial charge >= 0.3 is 0 Å². The van der Waals surface area contributed by atoms with Crippen LogP contribution >= 0.6 is 11.6 Å². The zero-order chi connectivity index (χ0) is 20.1. The summed E-state index contributed by atoms with van der Waals surface area (Å²) in [4.78, 5) is 4.74. The Morgan fingerprint density at radius 3 is 2.56 bits per heavy atom. The maximum absolute atomic E-state index is 11.6. The molecule has 0 atom stereocenters. The molecule has 27 heavy (non-hydrogen) atoms. The normalized spacial score (nSPS) is 16.9. The summed E-state index contributed by atoms with van der Waals surface area (Å²) in [5.41, 5.74) is 1.06. The summed E-state index contributed by atoms with van der Waals surface area (Å²) in [6.45, 7) is 8.46. The van der Waals surface area contributed by atoms with Crippen molar-refractivity contribution in [2.24, 2.45) is 15.8 Å². The van der Waals surface area contributed by atoms with Crippen LogP contribution in [0.4, 0.5) is 0 Å². The standard InChI is InChI=1S/C20H32ClN3O2S/c1-5-22-18(24-14-20(9-10-20)15-27(4,25)26)23-13-19(2,3)12-16-7-6-8-17(21)11-16/h6-8,11H,5,9-10,12-15H2,1-4H3,(H2,22,23,24). The van der Waals surface area contributed by atoms with Gasteiger partial charge in [0.15, 0.2) is 5.96 Å². The molecule has 0 heterocycles. The Balaban J connectivity index is 1.95. The van der Waals surface area contributed by atoms with Crippen LogP contribution in [0.25, 0.3) is 0 Å². The lowest BCUT2D eigenvalue weighted by Crippen LogP contribution is -2.42. The molecule has 1 aromatic rings. The quantitative estimate of drug-likeness (QED) is 0.481. The largest absolute Gasteiger partial charge is 0.357 e. The van der Waals surface area contributed by atoms with Crippen molar-refractivity contribution >= 4 is 27.4 Å². The summed E-state index contributed by atoms with van der Waals surface area (Å²) in [6.07, 6.45) is 4.10. The fourth-order valence-corrected chi connectivity index (χ4v) is 4.98. The third kappa shape index (κ3) is 8.09. The molecule has 2 N–H and O–H groups in total. The van der Waals surface area contributed by atoms with Crippen LogP contribution in [0.15, 0.2) is 29.3 Å². The van der Waals surface area contributed by atoms with Crippen molar-refractivity contribution in [3.05, 3.63) is 34.9 Å². The van der Waals surface area contributed by atoms with Crippen molar-refractivity contribution in [3.8, 4) is 0 Å². The molecule has 1 aliphatic rings. The molecular formula is C20H32ClN3O2S. The van der Waals surface area contributed by atoms with Gasteiger partial charge in [0.2, 0.25) is 0 Å². The van der Waals surface area contributed by atoms with E-state index in [-0.39, 0.29) is 16.6 Å². The van der Waals surface area contributed by atoms with E-state index in [0.29, 0.717) is 13.1 Å². The Hall–Kier alpha value is -1.27. The number of hydrogen-bond donors (Lipinski definition) is 2. The second-order valence-electron chi connectivity index (χ2n) is 8.59. The molecule has 0 aliphatic heterocycles. The van der Waals surface area contributed by atoms with Crippen LogP contribution in [0.2, 0.25) is 5.02 Å². The van der Waals surface area contributed by atoms with Crippen molar-refractivity contribution in [3.63, 3.8) is 0 Å². The minimum Gasteiger partial charge on any atom is -0.357 e. The average Bonchev–Trinajstić information content (AvgIpc) is 3.27. The van der Waals surface area contributed by atoms with Crippen LogP contribution in [0, 0.1) is 10.8 Å². The second-order valence-corrected chi connectivity index (χ2v) is 11.2. The first-order valence-corrected chi connectivity index (χ1v) is 11.9. The number of nitrogens with one attached hydrogen (secondary N) is 2. The number of halogens is 1. The number of rotatable bonds is 9. The molecule has 0 spiro atoms.